The number of amides is 1. The van der Waals surface area contributed by atoms with Crippen LogP contribution in [0.5, 0.6) is 0 Å². The number of carbonyl (C=O) groups is 2. The van der Waals surface area contributed by atoms with Crippen molar-refractivity contribution in [3.05, 3.63) is 64.7 Å². The maximum Gasteiger partial charge on any atom is 0.305 e. The van der Waals surface area contributed by atoms with Crippen LogP contribution in [0.4, 0.5) is 0 Å². The normalized spacial score (nSPS) is 12.5. The summed E-state index contributed by atoms with van der Waals surface area (Å²) in [6.45, 7) is 0. The summed E-state index contributed by atoms with van der Waals surface area (Å²) in [7, 11) is -4.00. The minimum absolute atomic E-state index is 0.109. The summed E-state index contributed by atoms with van der Waals surface area (Å²) in [6, 6.07) is 10.2. The van der Waals surface area contributed by atoms with Crippen LogP contribution in [0.3, 0.4) is 0 Å². The maximum atomic E-state index is 12.5. The highest BCUT2D eigenvalue weighted by molar-refractivity contribution is 7.89. The first kappa shape index (κ1) is 18.9. The lowest BCUT2D eigenvalue weighted by Gasteiger charge is -2.18. The number of rotatable bonds is 7. The fourth-order valence-electron chi connectivity index (χ4n) is 2.15. The summed E-state index contributed by atoms with van der Waals surface area (Å²) >= 11 is 5.80. The van der Waals surface area contributed by atoms with Gasteiger partial charge in [-0.25, -0.2) is 13.1 Å². The second-order valence-electron chi connectivity index (χ2n) is 5.21. The van der Waals surface area contributed by atoms with Gasteiger partial charge in [-0.15, -0.1) is 0 Å². The number of hydrogen-bond acceptors (Lipinski definition) is 4. The smallest absolute Gasteiger partial charge is 0.305 e. The maximum absolute atomic E-state index is 12.5. The molecule has 9 heteroatoms. The minimum Gasteiger partial charge on any atom is -0.481 e. The van der Waals surface area contributed by atoms with Crippen molar-refractivity contribution in [3.8, 4) is 0 Å². The van der Waals surface area contributed by atoms with E-state index in [0.29, 0.717) is 10.6 Å². The molecule has 0 saturated heterocycles. The van der Waals surface area contributed by atoms with Crippen LogP contribution >= 0.6 is 11.6 Å². The van der Waals surface area contributed by atoms with E-state index in [0.717, 1.165) is 0 Å². The number of aliphatic carboxylic acids is 1. The fourth-order valence-corrected chi connectivity index (χ4v) is 3.50. The number of carbonyl (C=O) groups excluding carboxylic acids is 1. The molecule has 2 rings (SSSR count). The zero-order chi connectivity index (χ0) is 18.6. The SMILES string of the molecule is NC(=O)c1ccc(S(=O)(=O)NC(CC(=O)O)c2ccc(Cl)cc2)cc1. The fraction of sp³-hybridized carbons (Fsp3) is 0.125. The van der Waals surface area contributed by atoms with Gasteiger partial charge in [0, 0.05) is 10.6 Å². The lowest BCUT2D eigenvalue weighted by molar-refractivity contribution is -0.137. The first-order valence-corrected chi connectivity index (χ1v) is 8.94. The summed E-state index contributed by atoms with van der Waals surface area (Å²) in [6.07, 6.45) is -0.444. The van der Waals surface area contributed by atoms with Crippen LogP contribution in [-0.2, 0) is 14.8 Å². The monoisotopic (exact) mass is 382 g/mol. The highest BCUT2D eigenvalue weighted by Crippen LogP contribution is 2.22. The van der Waals surface area contributed by atoms with Crippen LogP contribution < -0.4 is 10.5 Å². The van der Waals surface area contributed by atoms with Crippen molar-refractivity contribution in [1.82, 2.24) is 4.72 Å². The number of benzene rings is 2. The third kappa shape index (κ3) is 5.02. The number of sulfonamides is 1. The quantitative estimate of drug-likeness (QED) is 0.674. The van der Waals surface area contributed by atoms with Gasteiger partial charge in [0.2, 0.25) is 15.9 Å². The number of carboxylic acids is 1. The van der Waals surface area contributed by atoms with E-state index in [4.69, 9.17) is 22.4 Å². The van der Waals surface area contributed by atoms with Gasteiger partial charge >= 0.3 is 5.97 Å². The summed E-state index contributed by atoms with van der Waals surface area (Å²) in [5.41, 5.74) is 5.74. The molecular formula is C16H15ClN2O5S. The van der Waals surface area contributed by atoms with Crippen LogP contribution in [0.25, 0.3) is 0 Å². The first-order valence-electron chi connectivity index (χ1n) is 7.08. The van der Waals surface area contributed by atoms with E-state index in [1.165, 1.54) is 24.3 Å². The Morgan fingerprint density at radius 3 is 2.12 bits per heavy atom. The molecule has 0 fully saturated rings. The van der Waals surface area contributed by atoms with Crippen LogP contribution in [0.2, 0.25) is 5.02 Å². The molecule has 7 nitrogen and oxygen atoms in total. The average molecular weight is 383 g/mol. The molecular weight excluding hydrogens is 368 g/mol. The van der Waals surface area contributed by atoms with Crippen molar-refractivity contribution in [2.24, 2.45) is 5.73 Å². The zero-order valence-electron chi connectivity index (χ0n) is 12.8. The molecule has 25 heavy (non-hydrogen) atoms. The van der Waals surface area contributed by atoms with Gasteiger partial charge in [0.25, 0.3) is 0 Å². The standard InChI is InChI=1S/C16H15ClN2O5S/c17-12-5-1-10(2-6-12)14(9-15(20)21)19-25(23,24)13-7-3-11(4-8-13)16(18)22/h1-8,14,19H,9H2,(H2,18,22)(H,20,21). The van der Waals surface area contributed by atoms with Gasteiger partial charge in [0.15, 0.2) is 0 Å². The second-order valence-corrected chi connectivity index (χ2v) is 7.36. The predicted octanol–water partition coefficient (Wildman–Crippen LogP) is 1.93. The average Bonchev–Trinajstić information content (AvgIpc) is 2.54. The van der Waals surface area contributed by atoms with Crippen molar-refractivity contribution in [2.75, 3.05) is 0 Å². The Morgan fingerprint density at radius 2 is 1.64 bits per heavy atom. The molecule has 2 aromatic carbocycles. The Labute approximate surface area is 149 Å². The molecule has 0 aliphatic rings. The van der Waals surface area contributed by atoms with Crippen molar-refractivity contribution in [3.63, 3.8) is 0 Å². The van der Waals surface area contributed by atoms with Crippen LogP contribution in [0, 0.1) is 0 Å². The van der Waals surface area contributed by atoms with E-state index >= 15 is 0 Å². The molecule has 0 bridgehead atoms. The third-order valence-corrected chi connectivity index (χ3v) is 5.14. The van der Waals surface area contributed by atoms with Crippen LogP contribution in [-0.4, -0.2) is 25.4 Å². The predicted molar refractivity (Wildman–Crippen MR) is 91.7 cm³/mol. The first-order chi connectivity index (χ1) is 11.7. The van der Waals surface area contributed by atoms with Crippen molar-refractivity contribution in [1.29, 1.82) is 0 Å². The molecule has 0 spiro atoms. The van der Waals surface area contributed by atoms with Crippen LogP contribution in [0.15, 0.2) is 53.4 Å². The van der Waals surface area contributed by atoms with E-state index in [2.05, 4.69) is 4.72 Å². The van der Waals surface area contributed by atoms with Gasteiger partial charge in [-0.2, -0.15) is 0 Å². The highest BCUT2D eigenvalue weighted by Gasteiger charge is 2.23. The Bertz CT molecular complexity index is 880. The molecule has 4 N–H and O–H groups in total. The number of hydrogen-bond donors (Lipinski definition) is 3. The van der Waals surface area contributed by atoms with Gasteiger partial charge in [-0.05, 0) is 42.0 Å². The Morgan fingerprint density at radius 1 is 1.08 bits per heavy atom. The Balaban J connectivity index is 2.31. The topological polar surface area (TPSA) is 127 Å². The van der Waals surface area contributed by atoms with E-state index < -0.39 is 34.4 Å². The molecule has 132 valence electrons. The molecule has 0 aromatic heterocycles. The third-order valence-electron chi connectivity index (χ3n) is 3.40. The number of carboxylic acid groups (broad SMARTS) is 1. The lowest BCUT2D eigenvalue weighted by atomic mass is 10.1. The number of nitrogens with one attached hydrogen (secondary N) is 1. The molecule has 0 heterocycles. The zero-order valence-corrected chi connectivity index (χ0v) is 14.4. The number of halogens is 1. The van der Waals surface area contributed by atoms with E-state index in [1.54, 1.807) is 24.3 Å². The Hall–Kier alpha value is -2.42. The van der Waals surface area contributed by atoms with Gasteiger partial charge < -0.3 is 10.8 Å². The summed E-state index contributed by atoms with van der Waals surface area (Å²) in [5.74, 6) is -1.84. The summed E-state index contributed by atoms with van der Waals surface area (Å²) in [5, 5.41) is 9.50. The van der Waals surface area contributed by atoms with Gasteiger partial charge in [-0.3, -0.25) is 9.59 Å². The van der Waals surface area contributed by atoms with E-state index in [1.807, 2.05) is 0 Å². The lowest BCUT2D eigenvalue weighted by Crippen LogP contribution is -2.30. The van der Waals surface area contributed by atoms with Gasteiger partial charge in [-0.1, -0.05) is 23.7 Å². The molecule has 0 aliphatic heterocycles. The minimum atomic E-state index is -4.00. The molecule has 1 unspecified atom stereocenters. The van der Waals surface area contributed by atoms with Crippen molar-refractivity contribution >= 4 is 33.5 Å². The van der Waals surface area contributed by atoms with Crippen molar-refractivity contribution < 1.29 is 23.1 Å². The van der Waals surface area contributed by atoms with E-state index in [-0.39, 0.29) is 10.5 Å². The largest absolute Gasteiger partial charge is 0.481 e. The molecule has 0 radical (unpaired) electrons. The van der Waals surface area contributed by atoms with E-state index in [9.17, 15) is 18.0 Å². The van der Waals surface area contributed by atoms with Gasteiger partial charge in [0.1, 0.15) is 0 Å². The van der Waals surface area contributed by atoms with Crippen LogP contribution in [0.1, 0.15) is 28.4 Å². The number of nitrogens with two attached hydrogens (primary N) is 1. The van der Waals surface area contributed by atoms with Gasteiger partial charge in [0.05, 0.1) is 17.4 Å². The number of primary amides is 1. The molecule has 2 aromatic rings. The second kappa shape index (κ2) is 7.64. The Kier molecular flexibility index (Phi) is 5.78. The summed E-state index contributed by atoms with van der Waals surface area (Å²) < 4.78 is 27.4. The molecule has 0 saturated carbocycles. The molecule has 0 aliphatic carbocycles. The molecule has 1 amide bonds. The molecule has 1 atom stereocenters. The van der Waals surface area contributed by atoms with Crippen molar-refractivity contribution in [2.45, 2.75) is 17.4 Å². The summed E-state index contributed by atoms with van der Waals surface area (Å²) in [4.78, 5) is 22.0. The highest BCUT2D eigenvalue weighted by atomic mass is 35.5.